The van der Waals surface area contributed by atoms with Crippen LogP contribution in [0.1, 0.15) is 24.0 Å². The molecule has 0 aliphatic heterocycles. The molecule has 0 heterocycles. The summed E-state index contributed by atoms with van der Waals surface area (Å²) >= 11 is 0. The van der Waals surface area contributed by atoms with E-state index in [0.29, 0.717) is 0 Å². The van der Waals surface area contributed by atoms with Crippen molar-refractivity contribution in [3.8, 4) is 0 Å². The molecule has 0 spiro atoms. The van der Waals surface area contributed by atoms with Crippen LogP contribution in [-0.2, 0) is 25.2 Å². The molecular weight excluding hydrogens is 377 g/mol. The Morgan fingerprint density at radius 2 is 1.44 bits per heavy atom. The molecule has 1 aliphatic carbocycles. The van der Waals surface area contributed by atoms with E-state index in [2.05, 4.69) is 48.5 Å². The molecule has 4 rings (SSSR count). The Hall–Kier alpha value is -1.07. The fourth-order valence-corrected chi connectivity index (χ4v) is 8.15. The topological polar surface area (TPSA) is 27.7 Å². The van der Waals surface area contributed by atoms with Gasteiger partial charge in [0, 0.05) is 0 Å². The van der Waals surface area contributed by atoms with Crippen LogP contribution < -0.4 is 0 Å². The predicted octanol–water partition coefficient (Wildman–Crippen LogP) is 0.466. The third kappa shape index (κ3) is 4.56. The average molecular weight is 403 g/mol. The van der Waals surface area contributed by atoms with Gasteiger partial charge in [0.05, 0.1) is 0 Å². The Labute approximate surface area is 160 Å². The smallest absolute Gasteiger partial charge is 0.284 e. The van der Waals surface area contributed by atoms with Gasteiger partial charge in [-0.15, -0.1) is 0 Å². The summed E-state index contributed by atoms with van der Waals surface area (Å²) in [7, 11) is 0.504. The summed E-state index contributed by atoms with van der Waals surface area (Å²) in [5, 5.41) is 5.64. The number of hydrogen-bond donors (Lipinski definition) is 0. The molecule has 0 unspecified atom stereocenters. The minimum atomic E-state index is -0.569. The predicted molar refractivity (Wildman–Crippen MR) is 118 cm³/mol. The maximum absolute atomic E-state index is 5.03. The highest BCUT2D eigenvalue weighted by Crippen LogP contribution is 2.33. The Kier molecular flexibility index (Phi) is 7.17. The summed E-state index contributed by atoms with van der Waals surface area (Å²) < 4.78 is 14.8. The van der Waals surface area contributed by atoms with Gasteiger partial charge in [-0.1, -0.05) is 48.5 Å². The highest BCUT2D eigenvalue weighted by Gasteiger charge is 2.13. The van der Waals surface area contributed by atoms with Gasteiger partial charge in [0.25, 0.3) is 20.0 Å². The van der Waals surface area contributed by atoms with E-state index < -0.39 is 20.0 Å². The van der Waals surface area contributed by atoms with Crippen molar-refractivity contribution in [1.29, 1.82) is 0 Å². The van der Waals surface area contributed by atoms with Crippen LogP contribution in [0.4, 0.5) is 0 Å². The van der Waals surface area contributed by atoms with E-state index in [1.807, 2.05) is 0 Å². The van der Waals surface area contributed by atoms with Crippen molar-refractivity contribution in [2.75, 3.05) is 0 Å². The van der Waals surface area contributed by atoms with Crippen molar-refractivity contribution in [2.45, 2.75) is 25.7 Å². The van der Waals surface area contributed by atoms with Crippen molar-refractivity contribution in [3.05, 3.63) is 59.7 Å². The fraction of sp³-hybridized carbons (Fsp3) is 0.222. The highest BCUT2D eigenvalue weighted by molar-refractivity contribution is 6.40. The molecule has 25 heavy (non-hydrogen) atoms. The molecule has 0 saturated heterocycles. The molecular formula is C18H26O3Si4. The maximum atomic E-state index is 5.03. The van der Waals surface area contributed by atoms with E-state index in [4.69, 9.17) is 12.3 Å². The molecule has 0 amide bonds. The van der Waals surface area contributed by atoms with Gasteiger partial charge in [0.2, 0.25) is 0 Å². The molecule has 1 aliphatic rings. The number of rotatable bonds is 4. The van der Waals surface area contributed by atoms with E-state index in [-0.39, 0.29) is 0 Å². The Morgan fingerprint density at radius 3 is 2.24 bits per heavy atom. The summed E-state index contributed by atoms with van der Waals surface area (Å²) in [6, 6.07) is 18.0. The SMILES string of the molecule is [SiH3]O[SiH2]O[SiH2]O[SiH3].c1ccc2c(c1)ccc1c3c(ccc12)CCCC3. The molecule has 0 atom stereocenters. The van der Waals surface area contributed by atoms with Gasteiger partial charge in [0.1, 0.15) is 21.0 Å². The van der Waals surface area contributed by atoms with Crippen molar-refractivity contribution in [1.82, 2.24) is 0 Å². The molecule has 7 heteroatoms. The third-order valence-electron chi connectivity index (χ3n) is 4.66. The molecule has 3 aromatic rings. The second-order valence-electron chi connectivity index (χ2n) is 6.31. The molecule has 3 aromatic carbocycles. The van der Waals surface area contributed by atoms with Gasteiger partial charge in [-0.2, -0.15) is 0 Å². The van der Waals surface area contributed by atoms with Crippen molar-refractivity contribution in [3.63, 3.8) is 0 Å². The van der Waals surface area contributed by atoms with E-state index in [9.17, 15) is 0 Å². The van der Waals surface area contributed by atoms with E-state index >= 15 is 0 Å². The Balaban J connectivity index is 0.000000225. The number of aryl methyl sites for hydroxylation is 2. The molecule has 3 nitrogen and oxygen atoms in total. The number of benzene rings is 3. The zero-order chi connectivity index (χ0) is 17.5. The Morgan fingerprint density at radius 1 is 0.720 bits per heavy atom. The lowest BCUT2D eigenvalue weighted by atomic mass is 9.86. The standard InChI is InChI=1S/C18H16.H10O3Si4/c1-3-7-15-13(5-1)9-11-18-16-8-4-2-6-14(16)10-12-17(15)18;4-1-6-3-7-2-5/h1,3,5,7,9-12H,2,4,6,8H2;6-7H2,4-5H3. The van der Waals surface area contributed by atoms with Crippen LogP contribution in [0.5, 0.6) is 0 Å². The molecule has 0 radical (unpaired) electrons. The molecule has 132 valence electrons. The summed E-state index contributed by atoms with van der Waals surface area (Å²) in [5.74, 6) is 0. The summed E-state index contributed by atoms with van der Waals surface area (Å²) in [5.41, 5.74) is 3.17. The lowest BCUT2D eigenvalue weighted by molar-refractivity contribution is 0.443. The minimum absolute atomic E-state index is 0.569. The number of hydrogen-bond acceptors (Lipinski definition) is 3. The van der Waals surface area contributed by atoms with Crippen LogP contribution >= 0.6 is 0 Å². The van der Waals surface area contributed by atoms with Crippen LogP contribution in [0.25, 0.3) is 21.5 Å². The normalized spacial score (nSPS) is 14.6. The quantitative estimate of drug-likeness (QED) is 0.361. The van der Waals surface area contributed by atoms with Crippen molar-refractivity contribution < 1.29 is 12.3 Å². The van der Waals surface area contributed by atoms with Gasteiger partial charge in [-0.05, 0) is 58.4 Å². The summed E-state index contributed by atoms with van der Waals surface area (Å²) in [4.78, 5) is 0. The summed E-state index contributed by atoms with van der Waals surface area (Å²) in [6.07, 6.45) is 5.22. The minimum Gasteiger partial charge on any atom is -0.449 e. The van der Waals surface area contributed by atoms with Crippen molar-refractivity contribution in [2.24, 2.45) is 0 Å². The first-order chi connectivity index (χ1) is 12.3. The van der Waals surface area contributed by atoms with E-state index in [0.717, 1.165) is 21.0 Å². The first-order valence-electron chi connectivity index (χ1n) is 8.83. The van der Waals surface area contributed by atoms with Gasteiger partial charge in [0.15, 0.2) is 0 Å². The maximum Gasteiger partial charge on any atom is 0.284 e. The van der Waals surface area contributed by atoms with Crippen LogP contribution in [0, 0.1) is 0 Å². The highest BCUT2D eigenvalue weighted by atomic mass is 28.4. The second kappa shape index (κ2) is 9.58. The lowest BCUT2D eigenvalue weighted by Gasteiger charge is -2.18. The Bertz CT molecular complexity index is 837. The molecule has 0 saturated carbocycles. The average Bonchev–Trinajstić information content (AvgIpc) is 2.68. The van der Waals surface area contributed by atoms with Crippen LogP contribution in [0.2, 0.25) is 0 Å². The van der Waals surface area contributed by atoms with E-state index in [1.54, 1.807) is 11.1 Å². The molecule has 0 aromatic heterocycles. The van der Waals surface area contributed by atoms with Crippen LogP contribution in [0.3, 0.4) is 0 Å². The van der Waals surface area contributed by atoms with Gasteiger partial charge < -0.3 is 12.3 Å². The zero-order valence-corrected chi connectivity index (χ0v) is 21.9. The lowest BCUT2D eigenvalue weighted by Crippen LogP contribution is -2.08. The molecule has 0 N–H and O–H groups in total. The van der Waals surface area contributed by atoms with Crippen LogP contribution in [-0.4, -0.2) is 41.0 Å². The summed E-state index contributed by atoms with van der Waals surface area (Å²) in [6.45, 7) is 0. The van der Waals surface area contributed by atoms with Crippen LogP contribution in [0.15, 0.2) is 48.5 Å². The monoisotopic (exact) mass is 402 g/mol. The van der Waals surface area contributed by atoms with Gasteiger partial charge in [-0.25, -0.2) is 0 Å². The first-order valence-corrected chi connectivity index (χ1v) is 12.8. The third-order valence-corrected chi connectivity index (χ3v) is 7.88. The van der Waals surface area contributed by atoms with Gasteiger partial charge in [-0.3, -0.25) is 0 Å². The first kappa shape index (κ1) is 18.7. The zero-order valence-electron chi connectivity index (χ0n) is 15.1. The van der Waals surface area contributed by atoms with E-state index in [1.165, 1.54) is 47.2 Å². The molecule has 0 bridgehead atoms. The number of fused-ring (bicyclic) bond motifs is 5. The van der Waals surface area contributed by atoms with Crippen molar-refractivity contribution >= 4 is 62.5 Å². The largest absolute Gasteiger partial charge is 0.449 e. The van der Waals surface area contributed by atoms with Gasteiger partial charge >= 0.3 is 0 Å². The second-order valence-corrected chi connectivity index (χ2v) is 13.0. The fourth-order valence-electron chi connectivity index (χ4n) is 3.54. The molecule has 0 fully saturated rings.